The Balaban J connectivity index is 2.13. The third kappa shape index (κ3) is 3.79. The molecule has 0 aliphatic carbocycles. The average Bonchev–Trinajstić information content (AvgIpc) is 2.45. The van der Waals surface area contributed by atoms with E-state index in [9.17, 15) is 18.0 Å². The molecular weight excluding hydrogens is 296 g/mol. The smallest absolute Gasteiger partial charge is 0.303 e. The maximum absolute atomic E-state index is 12.4. The highest BCUT2D eigenvalue weighted by Gasteiger charge is 2.28. The number of rotatable bonds is 5. The molecule has 0 atom stereocenters. The topological polar surface area (TPSA) is 104 Å². The molecule has 0 bridgehead atoms. The first kappa shape index (κ1) is 15.5. The van der Waals surface area contributed by atoms with Crippen LogP contribution < -0.4 is 5.32 Å². The summed E-state index contributed by atoms with van der Waals surface area (Å²) in [7, 11) is -3.69. The SMILES string of the molecule is O=C(O)CCc1ccc(S(=O)(=O)N2CCNC(=O)C2)cc1. The first-order valence-electron chi connectivity index (χ1n) is 6.47. The molecule has 0 aromatic heterocycles. The van der Waals surface area contributed by atoms with E-state index in [1.165, 1.54) is 12.1 Å². The molecule has 21 heavy (non-hydrogen) atoms. The van der Waals surface area contributed by atoms with Crippen molar-refractivity contribution in [1.29, 1.82) is 0 Å². The summed E-state index contributed by atoms with van der Waals surface area (Å²) >= 11 is 0. The van der Waals surface area contributed by atoms with Gasteiger partial charge in [-0.05, 0) is 24.1 Å². The van der Waals surface area contributed by atoms with Crippen molar-refractivity contribution in [3.8, 4) is 0 Å². The largest absolute Gasteiger partial charge is 0.481 e. The Labute approximate surface area is 122 Å². The zero-order valence-corrected chi connectivity index (χ0v) is 12.1. The first-order valence-corrected chi connectivity index (χ1v) is 7.91. The summed E-state index contributed by atoms with van der Waals surface area (Å²) in [5.41, 5.74) is 0.757. The van der Waals surface area contributed by atoms with Crippen LogP contribution in [0.3, 0.4) is 0 Å². The second-order valence-corrected chi connectivity index (χ2v) is 6.66. The van der Waals surface area contributed by atoms with Crippen molar-refractivity contribution in [3.63, 3.8) is 0 Å². The van der Waals surface area contributed by atoms with Gasteiger partial charge in [0.1, 0.15) is 0 Å². The van der Waals surface area contributed by atoms with Gasteiger partial charge in [0.2, 0.25) is 15.9 Å². The first-order chi connectivity index (χ1) is 9.89. The number of aliphatic carboxylic acids is 1. The van der Waals surface area contributed by atoms with Crippen LogP contribution in [0.2, 0.25) is 0 Å². The lowest BCUT2D eigenvalue weighted by Crippen LogP contribution is -2.49. The van der Waals surface area contributed by atoms with E-state index in [2.05, 4.69) is 5.32 Å². The van der Waals surface area contributed by atoms with E-state index >= 15 is 0 Å². The van der Waals surface area contributed by atoms with Crippen molar-refractivity contribution in [2.75, 3.05) is 19.6 Å². The molecule has 0 spiro atoms. The van der Waals surface area contributed by atoms with Crippen LogP contribution in [-0.2, 0) is 26.0 Å². The van der Waals surface area contributed by atoms with Crippen molar-refractivity contribution < 1.29 is 23.1 Å². The van der Waals surface area contributed by atoms with Crippen LogP contribution in [0.4, 0.5) is 0 Å². The number of amides is 1. The van der Waals surface area contributed by atoms with Gasteiger partial charge in [0.25, 0.3) is 0 Å². The molecule has 0 radical (unpaired) electrons. The minimum atomic E-state index is -3.69. The molecule has 7 nitrogen and oxygen atoms in total. The molecule has 1 aromatic rings. The molecule has 1 aliphatic rings. The number of nitrogens with one attached hydrogen (secondary N) is 1. The van der Waals surface area contributed by atoms with E-state index in [-0.39, 0.29) is 30.3 Å². The standard InChI is InChI=1S/C13H16N2O5S/c16-12-9-15(8-7-14-12)21(19,20)11-4-1-10(2-5-11)3-6-13(17)18/h1-2,4-5H,3,6-9H2,(H,14,16)(H,17,18). The molecular formula is C13H16N2O5S. The third-order valence-corrected chi connectivity index (χ3v) is 5.05. The Kier molecular flexibility index (Phi) is 4.59. The molecule has 114 valence electrons. The molecule has 1 aliphatic heterocycles. The summed E-state index contributed by atoms with van der Waals surface area (Å²) in [5.74, 6) is -1.21. The Morgan fingerprint density at radius 3 is 2.52 bits per heavy atom. The number of carboxylic acids is 1. The number of carbonyl (C=O) groups excluding carboxylic acids is 1. The van der Waals surface area contributed by atoms with Crippen LogP contribution in [-0.4, -0.2) is 49.3 Å². The highest BCUT2D eigenvalue weighted by molar-refractivity contribution is 7.89. The van der Waals surface area contributed by atoms with Crippen molar-refractivity contribution in [2.45, 2.75) is 17.7 Å². The Bertz CT molecular complexity index is 639. The van der Waals surface area contributed by atoms with Crippen LogP contribution in [0.1, 0.15) is 12.0 Å². The molecule has 2 rings (SSSR count). The van der Waals surface area contributed by atoms with Crippen molar-refractivity contribution >= 4 is 21.9 Å². The lowest BCUT2D eigenvalue weighted by atomic mass is 10.1. The molecule has 0 unspecified atom stereocenters. The highest BCUT2D eigenvalue weighted by Crippen LogP contribution is 2.17. The molecule has 8 heteroatoms. The molecule has 2 N–H and O–H groups in total. The van der Waals surface area contributed by atoms with Gasteiger partial charge < -0.3 is 10.4 Å². The Hall–Kier alpha value is -1.93. The second-order valence-electron chi connectivity index (χ2n) is 4.73. The maximum atomic E-state index is 12.4. The van der Waals surface area contributed by atoms with Gasteiger partial charge in [-0.25, -0.2) is 8.42 Å². The highest BCUT2D eigenvalue weighted by atomic mass is 32.2. The monoisotopic (exact) mass is 312 g/mol. The predicted molar refractivity (Wildman–Crippen MR) is 74.2 cm³/mol. The number of sulfonamides is 1. The van der Waals surface area contributed by atoms with E-state index in [0.717, 1.165) is 9.87 Å². The fourth-order valence-corrected chi connectivity index (χ4v) is 3.45. The van der Waals surface area contributed by atoms with Crippen LogP contribution in [0.15, 0.2) is 29.2 Å². The van der Waals surface area contributed by atoms with Crippen LogP contribution in [0, 0.1) is 0 Å². The van der Waals surface area contributed by atoms with E-state index < -0.39 is 16.0 Å². The molecule has 1 fully saturated rings. The molecule has 1 aromatic carbocycles. The van der Waals surface area contributed by atoms with Gasteiger partial charge in [0.15, 0.2) is 0 Å². The summed E-state index contributed by atoms with van der Waals surface area (Å²) in [4.78, 5) is 21.9. The minimum absolute atomic E-state index is 0.00159. The predicted octanol–water partition coefficient (Wildman–Crippen LogP) is -0.176. The molecule has 1 heterocycles. The quantitative estimate of drug-likeness (QED) is 0.785. The number of piperazine rings is 1. The Morgan fingerprint density at radius 2 is 1.95 bits per heavy atom. The van der Waals surface area contributed by atoms with Gasteiger partial charge in [-0.1, -0.05) is 12.1 Å². The minimum Gasteiger partial charge on any atom is -0.481 e. The maximum Gasteiger partial charge on any atom is 0.303 e. The normalized spacial score (nSPS) is 16.5. The van der Waals surface area contributed by atoms with Gasteiger partial charge >= 0.3 is 5.97 Å². The number of carbonyl (C=O) groups is 2. The van der Waals surface area contributed by atoms with Crippen LogP contribution in [0.25, 0.3) is 0 Å². The van der Waals surface area contributed by atoms with E-state index in [1.54, 1.807) is 12.1 Å². The summed E-state index contributed by atoms with van der Waals surface area (Å²) in [6, 6.07) is 6.08. The van der Waals surface area contributed by atoms with Gasteiger partial charge in [-0.3, -0.25) is 9.59 Å². The summed E-state index contributed by atoms with van der Waals surface area (Å²) in [5, 5.41) is 11.2. The van der Waals surface area contributed by atoms with Crippen LogP contribution in [0.5, 0.6) is 0 Å². The lowest BCUT2D eigenvalue weighted by molar-refractivity contribution is -0.137. The summed E-state index contributed by atoms with van der Waals surface area (Å²) in [6.45, 7) is 0.368. The van der Waals surface area contributed by atoms with Crippen LogP contribution >= 0.6 is 0 Å². The number of hydrogen-bond donors (Lipinski definition) is 2. The molecule has 1 amide bonds. The fraction of sp³-hybridized carbons (Fsp3) is 0.385. The summed E-state index contributed by atoms with van der Waals surface area (Å²) in [6.07, 6.45) is 0.347. The zero-order chi connectivity index (χ0) is 15.5. The van der Waals surface area contributed by atoms with Gasteiger partial charge in [0.05, 0.1) is 11.4 Å². The second kappa shape index (κ2) is 6.23. The average molecular weight is 312 g/mol. The van der Waals surface area contributed by atoms with E-state index in [1.807, 2.05) is 0 Å². The number of benzene rings is 1. The molecule has 1 saturated heterocycles. The van der Waals surface area contributed by atoms with E-state index in [0.29, 0.717) is 13.0 Å². The van der Waals surface area contributed by atoms with Gasteiger partial charge in [-0.2, -0.15) is 4.31 Å². The third-order valence-electron chi connectivity index (χ3n) is 3.19. The van der Waals surface area contributed by atoms with Crippen molar-refractivity contribution in [3.05, 3.63) is 29.8 Å². The Morgan fingerprint density at radius 1 is 1.29 bits per heavy atom. The number of carboxylic acid groups (broad SMARTS) is 1. The zero-order valence-electron chi connectivity index (χ0n) is 11.3. The number of hydrogen-bond acceptors (Lipinski definition) is 4. The summed E-state index contributed by atoms with van der Waals surface area (Å²) < 4.78 is 25.9. The van der Waals surface area contributed by atoms with Gasteiger partial charge in [-0.15, -0.1) is 0 Å². The molecule has 0 saturated carbocycles. The number of aryl methyl sites for hydroxylation is 1. The van der Waals surface area contributed by atoms with Crippen molar-refractivity contribution in [1.82, 2.24) is 9.62 Å². The van der Waals surface area contributed by atoms with Gasteiger partial charge in [0, 0.05) is 19.5 Å². The number of nitrogens with zero attached hydrogens (tertiary/aromatic N) is 1. The fourth-order valence-electron chi connectivity index (χ4n) is 2.05. The van der Waals surface area contributed by atoms with Crippen molar-refractivity contribution in [2.24, 2.45) is 0 Å². The van der Waals surface area contributed by atoms with E-state index in [4.69, 9.17) is 5.11 Å². The lowest BCUT2D eigenvalue weighted by Gasteiger charge is -2.25.